The van der Waals surface area contributed by atoms with Crippen molar-refractivity contribution in [3.05, 3.63) is 216 Å². The third kappa shape index (κ3) is 5.94. The maximum absolute atomic E-state index is 14.2. The minimum absolute atomic E-state index is 0.0221. The molecule has 3 aliphatic rings. The predicted octanol–water partition coefficient (Wildman–Crippen LogP) is 14.7. The van der Waals surface area contributed by atoms with Gasteiger partial charge in [0, 0.05) is 69.4 Å². The lowest BCUT2D eigenvalue weighted by molar-refractivity contribution is 0.256. The molecule has 1 saturated heterocycles. The largest absolute Gasteiger partial charge is 0.329 e. The zero-order valence-corrected chi connectivity index (χ0v) is 35.6. The fraction of sp³-hybridized carbons (Fsp3) is 0.140. The molecule has 5 heteroatoms. The van der Waals surface area contributed by atoms with Gasteiger partial charge in [-0.05, 0) is 142 Å². The number of hydrogen-bond donors (Lipinski definition) is 0. The van der Waals surface area contributed by atoms with Crippen LogP contribution in [0.3, 0.4) is 0 Å². The van der Waals surface area contributed by atoms with Crippen LogP contribution in [-0.4, -0.2) is 19.1 Å². The Morgan fingerprint density at radius 1 is 0.355 bits per heavy atom. The Labute approximate surface area is 364 Å². The maximum atomic E-state index is 14.2. The molecule has 5 nitrogen and oxygen atoms in total. The molecule has 0 N–H and O–H groups in total. The van der Waals surface area contributed by atoms with Gasteiger partial charge in [-0.2, -0.15) is 0 Å². The van der Waals surface area contributed by atoms with Gasteiger partial charge >= 0.3 is 6.03 Å². The van der Waals surface area contributed by atoms with E-state index in [2.05, 4.69) is 232 Å². The van der Waals surface area contributed by atoms with Gasteiger partial charge in [-0.15, -0.1) is 0 Å². The lowest BCUT2D eigenvalue weighted by Gasteiger charge is -2.29. The van der Waals surface area contributed by atoms with Crippen LogP contribution in [0.4, 0.5) is 50.3 Å². The monoisotopic (exact) mass is 804 g/mol. The number of benzene rings is 8. The molecule has 0 spiro atoms. The molecular weight excluding hydrogens is 757 g/mol. The fourth-order valence-corrected chi connectivity index (χ4v) is 10.3. The molecule has 0 aromatic heterocycles. The number of nitrogens with zero attached hydrogens (tertiary/aromatic N) is 4. The van der Waals surface area contributed by atoms with Gasteiger partial charge in [0.1, 0.15) is 0 Å². The van der Waals surface area contributed by atoms with Crippen molar-refractivity contribution in [2.75, 3.05) is 32.7 Å². The smallest absolute Gasteiger partial charge is 0.310 e. The summed E-state index contributed by atoms with van der Waals surface area (Å²) in [6, 6.07) is 69.2. The van der Waals surface area contributed by atoms with Crippen molar-refractivity contribution in [1.29, 1.82) is 0 Å². The molecule has 0 unspecified atom stereocenters. The number of carbonyl (C=O) groups is 1. The molecule has 302 valence electrons. The van der Waals surface area contributed by atoms with E-state index in [-0.39, 0.29) is 16.9 Å². The van der Waals surface area contributed by atoms with E-state index in [1.807, 2.05) is 9.80 Å². The maximum Gasteiger partial charge on any atom is 0.329 e. The summed E-state index contributed by atoms with van der Waals surface area (Å²) in [5, 5.41) is 0. The van der Waals surface area contributed by atoms with E-state index in [1.165, 1.54) is 44.5 Å². The van der Waals surface area contributed by atoms with E-state index in [0.717, 1.165) is 45.5 Å². The first-order valence-corrected chi connectivity index (χ1v) is 21.7. The second-order valence-corrected chi connectivity index (χ2v) is 17.8. The second kappa shape index (κ2) is 14.4. The van der Waals surface area contributed by atoms with E-state index < -0.39 is 0 Å². The molecule has 11 rings (SSSR count). The number of fused-ring (bicyclic) bond motifs is 6. The normalized spacial score (nSPS) is 15.2. The first-order chi connectivity index (χ1) is 30.2. The van der Waals surface area contributed by atoms with E-state index in [4.69, 9.17) is 0 Å². The average molecular weight is 805 g/mol. The number of urea groups is 1. The Balaban J connectivity index is 0.861. The van der Waals surface area contributed by atoms with Crippen molar-refractivity contribution in [1.82, 2.24) is 0 Å². The van der Waals surface area contributed by atoms with Crippen LogP contribution < -0.4 is 19.6 Å². The lowest BCUT2D eigenvalue weighted by Crippen LogP contribution is -2.31. The topological polar surface area (TPSA) is 30.0 Å². The predicted molar refractivity (Wildman–Crippen MR) is 257 cm³/mol. The van der Waals surface area contributed by atoms with Crippen LogP contribution in [0.15, 0.2) is 194 Å². The van der Waals surface area contributed by atoms with Gasteiger partial charge in [0.25, 0.3) is 0 Å². The van der Waals surface area contributed by atoms with Crippen molar-refractivity contribution in [2.45, 2.75) is 38.5 Å². The van der Waals surface area contributed by atoms with Gasteiger partial charge in [-0.1, -0.05) is 125 Å². The van der Waals surface area contributed by atoms with Gasteiger partial charge in [0.15, 0.2) is 0 Å². The fourth-order valence-electron chi connectivity index (χ4n) is 10.3. The first-order valence-electron chi connectivity index (χ1n) is 21.7. The zero-order chi connectivity index (χ0) is 42.2. The van der Waals surface area contributed by atoms with Gasteiger partial charge in [-0.3, -0.25) is 9.80 Å². The van der Waals surface area contributed by atoms with Crippen LogP contribution in [0.5, 0.6) is 0 Å². The number of hydrogen-bond acceptors (Lipinski definition) is 3. The minimum Gasteiger partial charge on any atom is -0.310 e. The molecule has 1 aliphatic heterocycles. The molecule has 0 bridgehead atoms. The van der Waals surface area contributed by atoms with E-state index >= 15 is 0 Å². The summed E-state index contributed by atoms with van der Waals surface area (Å²) in [5.74, 6) is 0. The highest BCUT2D eigenvalue weighted by atomic mass is 16.2. The molecule has 0 radical (unpaired) electrons. The number of anilines is 8. The molecule has 1 fully saturated rings. The molecule has 8 aromatic carbocycles. The van der Waals surface area contributed by atoms with Gasteiger partial charge in [0.2, 0.25) is 0 Å². The highest BCUT2D eigenvalue weighted by Gasteiger charge is 2.37. The third-order valence-corrected chi connectivity index (χ3v) is 13.5. The lowest BCUT2D eigenvalue weighted by atomic mass is 9.82. The summed E-state index contributed by atoms with van der Waals surface area (Å²) in [6.07, 6.45) is 0. The summed E-state index contributed by atoms with van der Waals surface area (Å²) in [4.78, 5) is 22.6. The van der Waals surface area contributed by atoms with Gasteiger partial charge in [0.05, 0.1) is 0 Å². The first kappa shape index (κ1) is 37.6. The van der Waals surface area contributed by atoms with Gasteiger partial charge in [-0.25, -0.2) is 4.79 Å². The number of carbonyl (C=O) groups excluding carboxylic acids is 1. The molecule has 62 heavy (non-hydrogen) atoms. The average Bonchev–Trinajstić information content (AvgIpc) is 3.89. The highest BCUT2D eigenvalue weighted by Crippen LogP contribution is 2.52. The Hall–Kier alpha value is -7.37. The van der Waals surface area contributed by atoms with E-state index in [0.29, 0.717) is 13.1 Å². The Kier molecular flexibility index (Phi) is 8.73. The van der Waals surface area contributed by atoms with Crippen LogP contribution in [-0.2, 0) is 10.8 Å². The van der Waals surface area contributed by atoms with Crippen LogP contribution in [0.2, 0.25) is 0 Å². The summed E-state index contributed by atoms with van der Waals surface area (Å²) in [5.41, 5.74) is 18.6. The molecule has 8 aromatic rings. The second-order valence-electron chi connectivity index (χ2n) is 17.8. The van der Waals surface area contributed by atoms with E-state index in [1.54, 1.807) is 0 Å². The molecule has 0 atom stereocenters. The molecule has 1 heterocycles. The van der Waals surface area contributed by atoms with E-state index in [9.17, 15) is 4.79 Å². The molecule has 0 saturated carbocycles. The summed E-state index contributed by atoms with van der Waals surface area (Å²) in [7, 11) is 0. The quantitative estimate of drug-likeness (QED) is 0.153. The summed E-state index contributed by atoms with van der Waals surface area (Å²) >= 11 is 0. The Bertz CT molecular complexity index is 2790. The Morgan fingerprint density at radius 2 is 0.677 bits per heavy atom. The number of para-hydroxylation sites is 2. The molecular formula is C57H48N4O. The SMILES string of the molecule is CC1(C)c2ccccc2-c2ccc(N(c3ccccc3)c3ccc(N4CCN(c5ccc(N(c6ccccc6)c6ccc7c(c6)C(C)(C)c6ccccc6-7)cc5)C4=O)cc3)cc21. The Morgan fingerprint density at radius 3 is 1.08 bits per heavy atom. The van der Waals surface area contributed by atoms with Crippen LogP contribution in [0, 0.1) is 0 Å². The van der Waals surface area contributed by atoms with Crippen molar-refractivity contribution in [2.24, 2.45) is 0 Å². The van der Waals surface area contributed by atoms with Crippen molar-refractivity contribution >= 4 is 51.5 Å². The minimum atomic E-state index is -0.106. The number of amides is 2. The standard InChI is InChI=1S/C57H48N4O/c1-56(2)51-21-13-11-19-47(51)49-33-31-45(37-53(49)56)60(41-15-7-5-8-16-41)43-27-23-39(24-28-43)58-35-36-59(55(58)62)40-25-29-44(30-26-40)61(42-17-9-6-10-18-42)46-32-34-50-48-20-12-14-22-52(48)57(3,4)54(50)38-46/h5-34,37-38H,35-36H2,1-4H3. The highest BCUT2D eigenvalue weighted by molar-refractivity contribution is 6.06. The van der Waals surface area contributed by atoms with Crippen LogP contribution in [0.25, 0.3) is 22.3 Å². The molecule has 2 amide bonds. The third-order valence-electron chi connectivity index (χ3n) is 13.5. The van der Waals surface area contributed by atoms with Crippen molar-refractivity contribution < 1.29 is 4.79 Å². The van der Waals surface area contributed by atoms with Gasteiger partial charge < -0.3 is 9.80 Å². The van der Waals surface area contributed by atoms with Crippen LogP contribution in [0.1, 0.15) is 49.9 Å². The zero-order valence-electron chi connectivity index (χ0n) is 35.6. The van der Waals surface area contributed by atoms with Crippen molar-refractivity contribution in [3.8, 4) is 22.3 Å². The molecule has 2 aliphatic carbocycles. The van der Waals surface area contributed by atoms with Crippen molar-refractivity contribution in [3.63, 3.8) is 0 Å². The number of rotatable bonds is 8. The summed E-state index contributed by atoms with van der Waals surface area (Å²) < 4.78 is 0. The summed E-state index contributed by atoms with van der Waals surface area (Å²) in [6.45, 7) is 10.5. The van der Waals surface area contributed by atoms with Crippen LogP contribution >= 0.6 is 0 Å².